The maximum atomic E-state index is 12.8. The Bertz CT molecular complexity index is 216. The molecule has 0 rings (SSSR count). The van der Waals surface area contributed by atoms with Crippen molar-refractivity contribution in [3.05, 3.63) is 0 Å². The van der Waals surface area contributed by atoms with Gasteiger partial charge in [-0.15, -0.1) is 0 Å². The van der Waals surface area contributed by atoms with Gasteiger partial charge in [0, 0.05) is 0 Å². The molecule has 0 N–H and O–H groups in total. The zero-order chi connectivity index (χ0) is 12.1. The summed E-state index contributed by atoms with van der Waals surface area (Å²) in [6.45, 7) is 1.53. The molecule has 0 atom stereocenters. The van der Waals surface area contributed by atoms with E-state index in [2.05, 4.69) is 3.07 Å². The standard InChI is InChI=1S/C4H4F5.C3H7O.O.Sn/c5-3(6)1-2-4(7,8)9;1-2-3-4;;/h1-2H2;2-3H2,1H3;;/q;-1;;+1. The van der Waals surface area contributed by atoms with E-state index in [1.807, 2.05) is 0 Å². The Morgan fingerprint density at radius 2 is 1.67 bits per heavy atom. The summed E-state index contributed by atoms with van der Waals surface area (Å²) in [5.74, 6) is 0. The van der Waals surface area contributed by atoms with Crippen LogP contribution in [-0.4, -0.2) is 36.9 Å². The van der Waals surface area contributed by atoms with Crippen LogP contribution in [-0.2, 0) is 6.15 Å². The van der Waals surface area contributed by atoms with Crippen molar-refractivity contribution in [1.82, 2.24) is 0 Å². The van der Waals surface area contributed by atoms with E-state index in [0.29, 0.717) is 6.42 Å². The van der Waals surface area contributed by atoms with E-state index in [4.69, 9.17) is 0 Å². The molecule has 90 valence electrons. The molecular weight excluding hydrogens is 330 g/mol. The second-order valence-electron chi connectivity index (χ2n) is 2.96. The van der Waals surface area contributed by atoms with Gasteiger partial charge in [0.25, 0.3) is 0 Å². The molecule has 2 nitrogen and oxygen atoms in total. The first-order valence-electron chi connectivity index (χ1n) is 4.31. The van der Waals surface area contributed by atoms with Crippen LogP contribution in [0.1, 0.15) is 26.2 Å². The molecule has 0 amide bonds. The quantitative estimate of drug-likeness (QED) is 0.549. The molecule has 15 heavy (non-hydrogen) atoms. The Morgan fingerprint density at radius 3 is 2.07 bits per heavy atom. The first-order chi connectivity index (χ1) is 6.69. The Labute approximate surface area is 91.4 Å². The summed E-state index contributed by atoms with van der Waals surface area (Å²) < 4.78 is 72.0. The third-order valence-electron chi connectivity index (χ3n) is 1.46. The number of alkyl halides is 5. The molecule has 0 aromatic carbocycles. The first-order valence-corrected chi connectivity index (χ1v) is 8.06. The topological polar surface area (TPSA) is 26.3 Å². The Kier molecular flexibility index (Phi) is 6.15. The number of hydrogen-bond acceptors (Lipinski definition) is 2. The molecule has 8 heteroatoms. The Hall–Kier alpha value is 0.209. The predicted molar refractivity (Wildman–Crippen MR) is 42.9 cm³/mol. The molecule has 0 bridgehead atoms. The fraction of sp³-hybridized carbons (Fsp3) is 1.00. The molecule has 0 saturated carbocycles. The van der Waals surface area contributed by atoms with Gasteiger partial charge >= 0.3 is 91.2 Å². The van der Waals surface area contributed by atoms with Crippen molar-refractivity contribution in [3.63, 3.8) is 0 Å². The van der Waals surface area contributed by atoms with E-state index in [1.165, 1.54) is 0 Å². The molecular formula is C7H11F5O2Sn. The van der Waals surface area contributed by atoms with Gasteiger partial charge in [-0.25, -0.2) is 0 Å². The van der Waals surface area contributed by atoms with Gasteiger partial charge in [-0.1, -0.05) is 0 Å². The minimum atomic E-state index is -4.68. The van der Waals surface area contributed by atoms with Crippen LogP contribution in [0.2, 0.25) is 0 Å². The zero-order valence-corrected chi connectivity index (χ0v) is 10.9. The van der Waals surface area contributed by atoms with Gasteiger partial charge in [0.05, 0.1) is 0 Å². The molecule has 0 aliphatic heterocycles. The summed E-state index contributed by atoms with van der Waals surface area (Å²) in [4.78, 5) is 0. The molecule has 0 spiro atoms. The number of hydrogen-bond donors (Lipinski definition) is 0. The molecule has 0 heterocycles. The van der Waals surface area contributed by atoms with Crippen LogP contribution < -0.4 is 0 Å². The second-order valence-corrected chi connectivity index (χ2v) is 7.51. The summed E-state index contributed by atoms with van der Waals surface area (Å²) in [6.07, 6.45) is -7.33. The van der Waals surface area contributed by atoms with Crippen molar-refractivity contribution >= 4 is 20.2 Å². The van der Waals surface area contributed by atoms with Gasteiger partial charge in [-0.05, 0) is 0 Å². The van der Waals surface area contributed by atoms with E-state index < -0.39 is 43.1 Å². The predicted octanol–water partition coefficient (Wildman–Crippen LogP) is 2.85. The van der Waals surface area contributed by atoms with Crippen molar-refractivity contribution in [2.75, 3.05) is 6.61 Å². The van der Waals surface area contributed by atoms with Gasteiger partial charge in [0.2, 0.25) is 0 Å². The van der Waals surface area contributed by atoms with E-state index in [9.17, 15) is 25.0 Å². The fourth-order valence-corrected chi connectivity index (χ4v) is 3.35. The monoisotopic (exact) mass is 342 g/mol. The average Bonchev–Trinajstić information content (AvgIpc) is 2.10. The van der Waals surface area contributed by atoms with E-state index in [1.54, 1.807) is 6.92 Å². The van der Waals surface area contributed by atoms with Crippen molar-refractivity contribution in [3.8, 4) is 0 Å². The van der Waals surface area contributed by atoms with Gasteiger partial charge in [-0.3, -0.25) is 0 Å². The van der Waals surface area contributed by atoms with Gasteiger partial charge < -0.3 is 0 Å². The van der Waals surface area contributed by atoms with Crippen molar-refractivity contribution < 1.29 is 28.1 Å². The van der Waals surface area contributed by atoms with Crippen LogP contribution in [0.5, 0.6) is 0 Å². The summed E-state index contributed by atoms with van der Waals surface area (Å²) in [5, 5.41) is 0. The molecule has 0 aromatic rings. The molecule has 0 fully saturated rings. The summed E-state index contributed by atoms with van der Waals surface area (Å²) in [6, 6.07) is 0. The van der Waals surface area contributed by atoms with Gasteiger partial charge in [0.15, 0.2) is 0 Å². The molecule has 0 radical (unpaired) electrons. The molecule has 0 aliphatic rings. The van der Waals surface area contributed by atoms with Gasteiger partial charge in [-0.2, -0.15) is 0 Å². The fourth-order valence-electron chi connectivity index (χ4n) is 0.701. The van der Waals surface area contributed by atoms with Crippen LogP contribution >= 0.6 is 0 Å². The van der Waals surface area contributed by atoms with E-state index in [0.717, 1.165) is 0 Å². The zero-order valence-electron chi connectivity index (χ0n) is 8.03. The van der Waals surface area contributed by atoms with Crippen LogP contribution in [0, 0.1) is 0 Å². The maximum absolute atomic E-state index is 12.8. The third-order valence-corrected chi connectivity index (χ3v) is 5.21. The van der Waals surface area contributed by atoms with Crippen LogP contribution in [0.3, 0.4) is 0 Å². The molecule has 0 unspecified atom stereocenters. The van der Waals surface area contributed by atoms with Gasteiger partial charge in [0.1, 0.15) is 0 Å². The second kappa shape index (κ2) is 6.07. The Morgan fingerprint density at radius 1 is 1.13 bits per heavy atom. The number of rotatable bonds is 6. The molecule has 0 saturated heterocycles. The van der Waals surface area contributed by atoms with Crippen molar-refractivity contribution in [2.45, 2.75) is 36.3 Å². The first kappa shape index (κ1) is 15.2. The third kappa shape index (κ3) is 7.15. The summed E-state index contributed by atoms with van der Waals surface area (Å²) >= 11 is -4.68. The summed E-state index contributed by atoms with van der Waals surface area (Å²) in [7, 11) is 0. The van der Waals surface area contributed by atoms with Crippen LogP contribution in [0.15, 0.2) is 0 Å². The van der Waals surface area contributed by atoms with Crippen LogP contribution in [0.25, 0.3) is 0 Å². The van der Waals surface area contributed by atoms with Crippen molar-refractivity contribution in [1.29, 1.82) is 0 Å². The molecule has 0 aromatic heterocycles. The van der Waals surface area contributed by atoms with Crippen molar-refractivity contribution in [2.24, 2.45) is 0 Å². The molecule has 0 aliphatic carbocycles. The normalized spacial score (nSPS) is 12.9. The van der Waals surface area contributed by atoms with Crippen LogP contribution in [0.4, 0.5) is 22.0 Å². The average molecular weight is 341 g/mol. The summed E-state index contributed by atoms with van der Waals surface area (Å²) in [5.41, 5.74) is 0. The Balaban J connectivity index is 4.10. The van der Waals surface area contributed by atoms with E-state index >= 15 is 0 Å². The van der Waals surface area contributed by atoms with E-state index in [-0.39, 0.29) is 6.61 Å². The minimum absolute atomic E-state index is 0.0973. The number of halogens is 5. The SMILES string of the molecule is CCC[O][Sn](=[O])[C](F)(F)CCC(F)(F)F.